The molecule has 0 spiro atoms. The van der Waals surface area contributed by atoms with E-state index in [2.05, 4.69) is 24.1 Å². The van der Waals surface area contributed by atoms with Crippen LogP contribution in [0.15, 0.2) is 0 Å². The van der Waals surface area contributed by atoms with Gasteiger partial charge in [0.25, 0.3) is 0 Å². The zero-order valence-electron chi connectivity index (χ0n) is 12.4. The zero-order valence-corrected chi connectivity index (χ0v) is 13.2. The van der Waals surface area contributed by atoms with Gasteiger partial charge in [0, 0.05) is 13.1 Å². The summed E-state index contributed by atoms with van der Waals surface area (Å²) in [6.07, 6.45) is 8.32. The van der Waals surface area contributed by atoms with Crippen LogP contribution >= 0.6 is 12.4 Å². The molecule has 0 radical (unpaired) electrons. The van der Waals surface area contributed by atoms with E-state index < -0.39 is 0 Å². The highest BCUT2D eigenvalue weighted by atomic mass is 35.5. The van der Waals surface area contributed by atoms with Crippen LogP contribution in [0.4, 0.5) is 0 Å². The molecule has 112 valence electrons. The van der Waals surface area contributed by atoms with Crippen molar-refractivity contribution in [1.82, 2.24) is 10.2 Å². The Morgan fingerprint density at radius 2 is 2.05 bits per heavy atom. The van der Waals surface area contributed by atoms with Crippen LogP contribution < -0.4 is 5.32 Å². The third kappa shape index (κ3) is 4.09. The van der Waals surface area contributed by atoms with Gasteiger partial charge in [-0.05, 0) is 57.9 Å². The van der Waals surface area contributed by atoms with Gasteiger partial charge in [0.15, 0.2) is 0 Å². The highest BCUT2D eigenvalue weighted by Crippen LogP contribution is 2.25. The summed E-state index contributed by atoms with van der Waals surface area (Å²) in [5.74, 6) is 1.17. The van der Waals surface area contributed by atoms with Crippen LogP contribution in [-0.2, 0) is 4.79 Å². The molecule has 19 heavy (non-hydrogen) atoms. The molecule has 2 aliphatic rings. The minimum atomic E-state index is -0.287. The van der Waals surface area contributed by atoms with E-state index in [9.17, 15) is 4.79 Å². The molecule has 0 aromatic rings. The lowest BCUT2D eigenvalue weighted by Gasteiger charge is -2.37. The lowest BCUT2D eigenvalue weighted by Crippen LogP contribution is -2.58. The minimum Gasteiger partial charge on any atom is -0.341 e. The van der Waals surface area contributed by atoms with E-state index >= 15 is 0 Å². The van der Waals surface area contributed by atoms with E-state index in [-0.39, 0.29) is 17.9 Å². The molecule has 0 saturated carbocycles. The topological polar surface area (TPSA) is 32.3 Å². The molecule has 2 aliphatic heterocycles. The van der Waals surface area contributed by atoms with E-state index in [1.807, 2.05) is 0 Å². The van der Waals surface area contributed by atoms with Crippen molar-refractivity contribution in [3.63, 3.8) is 0 Å². The number of likely N-dealkylation sites (tertiary alicyclic amines) is 1. The smallest absolute Gasteiger partial charge is 0.242 e. The SMILES string of the molecule is CCC1CCCN(C(=O)C2(C)CCCCN2)CC1.Cl. The van der Waals surface area contributed by atoms with Crippen molar-refractivity contribution in [2.45, 2.75) is 64.3 Å². The molecule has 0 aromatic carbocycles. The molecule has 2 saturated heterocycles. The van der Waals surface area contributed by atoms with E-state index in [0.29, 0.717) is 5.91 Å². The number of halogens is 1. The van der Waals surface area contributed by atoms with Crippen LogP contribution in [0.1, 0.15) is 58.8 Å². The summed E-state index contributed by atoms with van der Waals surface area (Å²) in [6, 6.07) is 0. The number of carbonyl (C=O) groups excluding carboxylic acids is 1. The normalized spacial score (nSPS) is 32.3. The Bertz CT molecular complexity index is 290. The predicted octanol–water partition coefficient (Wildman–Crippen LogP) is 2.98. The summed E-state index contributed by atoms with van der Waals surface area (Å²) in [7, 11) is 0. The Morgan fingerprint density at radius 3 is 2.68 bits per heavy atom. The third-order valence-electron chi connectivity index (χ3n) is 4.80. The van der Waals surface area contributed by atoms with E-state index in [0.717, 1.165) is 32.0 Å². The van der Waals surface area contributed by atoms with Gasteiger partial charge in [-0.25, -0.2) is 0 Å². The van der Waals surface area contributed by atoms with Gasteiger partial charge < -0.3 is 10.2 Å². The van der Waals surface area contributed by atoms with Crippen molar-refractivity contribution < 1.29 is 4.79 Å². The van der Waals surface area contributed by atoms with Crippen LogP contribution in [0, 0.1) is 5.92 Å². The molecule has 0 bridgehead atoms. The first kappa shape index (κ1) is 16.8. The van der Waals surface area contributed by atoms with E-state index in [1.54, 1.807) is 0 Å². The number of hydrogen-bond acceptors (Lipinski definition) is 2. The standard InChI is InChI=1S/C15H28N2O.ClH/c1-3-13-7-6-11-17(12-8-13)14(18)15(2)9-4-5-10-16-15;/h13,16H,3-12H2,1-2H3;1H. The summed E-state index contributed by atoms with van der Waals surface area (Å²) >= 11 is 0. The lowest BCUT2D eigenvalue weighted by atomic mass is 9.89. The lowest BCUT2D eigenvalue weighted by molar-refractivity contribution is -0.138. The van der Waals surface area contributed by atoms with Gasteiger partial charge in [0.1, 0.15) is 0 Å². The van der Waals surface area contributed by atoms with Gasteiger partial charge in [0.2, 0.25) is 5.91 Å². The van der Waals surface area contributed by atoms with Gasteiger partial charge in [-0.15, -0.1) is 12.4 Å². The Balaban J connectivity index is 0.00000180. The summed E-state index contributed by atoms with van der Waals surface area (Å²) in [5, 5.41) is 3.45. The molecule has 2 rings (SSSR count). The minimum absolute atomic E-state index is 0. The van der Waals surface area contributed by atoms with Gasteiger partial charge in [-0.2, -0.15) is 0 Å². The number of carbonyl (C=O) groups is 1. The molecular formula is C15H29ClN2O. The van der Waals surface area contributed by atoms with Crippen LogP contribution in [0.5, 0.6) is 0 Å². The highest BCUT2D eigenvalue weighted by Gasteiger charge is 2.37. The molecule has 2 unspecified atom stereocenters. The summed E-state index contributed by atoms with van der Waals surface area (Å²) < 4.78 is 0. The molecule has 4 heteroatoms. The monoisotopic (exact) mass is 288 g/mol. The summed E-state index contributed by atoms with van der Waals surface area (Å²) in [4.78, 5) is 14.8. The van der Waals surface area contributed by atoms with Crippen molar-refractivity contribution >= 4 is 18.3 Å². The molecule has 2 fully saturated rings. The molecule has 3 nitrogen and oxygen atoms in total. The van der Waals surface area contributed by atoms with Gasteiger partial charge in [0.05, 0.1) is 5.54 Å². The average molecular weight is 289 g/mol. The molecule has 0 aromatic heterocycles. The molecule has 2 atom stereocenters. The van der Waals surface area contributed by atoms with Gasteiger partial charge in [-0.1, -0.05) is 13.3 Å². The van der Waals surface area contributed by atoms with Crippen LogP contribution in [0.3, 0.4) is 0 Å². The van der Waals surface area contributed by atoms with Gasteiger partial charge >= 0.3 is 0 Å². The fourth-order valence-corrected chi connectivity index (χ4v) is 3.36. The number of nitrogens with zero attached hydrogens (tertiary/aromatic N) is 1. The van der Waals surface area contributed by atoms with E-state index in [4.69, 9.17) is 0 Å². The number of hydrogen-bond donors (Lipinski definition) is 1. The van der Waals surface area contributed by atoms with Crippen molar-refractivity contribution in [2.75, 3.05) is 19.6 Å². The summed E-state index contributed by atoms with van der Waals surface area (Å²) in [6.45, 7) is 7.29. The second kappa shape index (κ2) is 7.49. The predicted molar refractivity (Wildman–Crippen MR) is 81.7 cm³/mol. The van der Waals surface area contributed by atoms with Crippen LogP contribution in [-0.4, -0.2) is 36.0 Å². The highest BCUT2D eigenvalue weighted by molar-refractivity contribution is 5.86. The maximum absolute atomic E-state index is 12.7. The first-order chi connectivity index (χ1) is 8.65. The first-order valence-electron chi connectivity index (χ1n) is 7.70. The largest absolute Gasteiger partial charge is 0.341 e. The average Bonchev–Trinajstić information content (AvgIpc) is 2.64. The molecule has 0 aliphatic carbocycles. The number of piperidine rings is 1. The Kier molecular flexibility index (Phi) is 6.61. The number of rotatable bonds is 2. The maximum Gasteiger partial charge on any atom is 0.242 e. The van der Waals surface area contributed by atoms with E-state index in [1.165, 1.54) is 38.5 Å². The zero-order chi connectivity index (χ0) is 13.0. The molecule has 2 heterocycles. The summed E-state index contributed by atoms with van der Waals surface area (Å²) in [5.41, 5.74) is -0.287. The van der Waals surface area contributed by atoms with Crippen LogP contribution in [0.2, 0.25) is 0 Å². The fraction of sp³-hybridized carbons (Fsp3) is 0.933. The molecule has 1 N–H and O–H groups in total. The Labute approximate surface area is 123 Å². The quantitative estimate of drug-likeness (QED) is 0.847. The fourth-order valence-electron chi connectivity index (χ4n) is 3.36. The molecule has 1 amide bonds. The van der Waals surface area contributed by atoms with Crippen molar-refractivity contribution in [3.05, 3.63) is 0 Å². The second-order valence-corrected chi connectivity index (χ2v) is 6.21. The second-order valence-electron chi connectivity index (χ2n) is 6.21. The van der Waals surface area contributed by atoms with Crippen molar-refractivity contribution in [3.8, 4) is 0 Å². The van der Waals surface area contributed by atoms with Crippen molar-refractivity contribution in [1.29, 1.82) is 0 Å². The third-order valence-corrected chi connectivity index (χ3v) is 4.80. The maximum atomic E-state index is 12.7. The number of nitrogens with one attached hydrogen (secondary N) is 1. The first-order valence-corrected chi connectivity index (χ1v) is 7.70. The van der Waals surface area contributed by atoms with Gasteiger partial charge in [-0.3, -0.25) is 4.79 Å². The number of amides is 1. The Morgan fingerprint density at radius 1 is 1.26 bits per heavy atom. The van der Waals surface area contributed by atoms with Crippen molar-refractivity contribution in [2.24, 2.45) is 5.92 Å². The van der Waals surface area contributed by atoms with Crippen LogP contribution in [0.25, 0.3) is 0 Å². The Hall–Kier alpha value is -0.280. The molecular weight excluding hydrogens is 260 g/mol.